The van der Waals surface area contributed by atoms with E-state index in [1.807, 2.05) is 0 Å². The SMILES string of the molecule is CN1CCC(Cc2nnc3cccc(C(=O)O)n23)CC1. The highest BCUT2D eigenvalue weighted by Crippen LogP contribution is 2.21. The normalized spacial score (nSPS) is 17.6. The molecule has 1 aliphatic rings. The van der Waals surface area contributed by atoms with Crippen LogP contribution in [0.5, 0.6) is 0 Å². The Morgan fingerprint density at radius 1 is 1.35 bits per heavy atom. The van der Waals surface area contributed by atoms with E-state index in [1.54, 1.807) is 22.6 Å². The van der Waals surface area contributed by atoms with Crippen LogP contribution < -0.4 is 0 Å². The van der Waals surface area contributed by atoms with Gasteiger partial charge in [0.25, 0.3) is 0 Å². The number of aromatic carboxylic acids is 1. The van der Waals surface area contributed by atoms with E-state index in [4.69, 9.17) is 0 Å². The van der Waals surface area contributed by atoms with Gasteiger partial charge in [-0.2, -0.15) is 0 Å². The Hall–Kier alpha value is -1.95. The average Bonchev–Trinajstić information content (AvgIpc) is 2.84. The molecule has 1 aliphatic heterocycles. The fourth-order valence-electron chi connectivity index (χ4n) is 2.82. The molecule has 0 atom stereocenters. The maximum atomic E-state index is 11.3. The number of pyridine rings is 1. The van der Waals surface area contributed by atoms with E-state index in [1.165, 1.54) is 0 Å². The lowest BCUT2D eigenvalue weighted by Crippen LogP contribution is -2.31. The van der Waals surface area contributed by atoms with Crippen molar-refractivity contribution in [2.24, 2.45) is 5.92 Å². The molecule has 1 N–H and O–H groups in total. The number of aromatic nitrogens is 3. The van der Waals surface area contributed by atoms with Gasteiger partial charge in [0.05, 0.1) is 0 Å². The standard InChI is InChI=1S/C14H18N4O2/c1-17-7-5-10(6-8-17)9-13-16-15-12-4-2-3-11(14(19)20)18(12)13/h2-4,10H,5-9H2,1H3,(H,19,20). The molecule has 0 saturated carbocycles. The van der Waals surface area contributed by atoms with Crippen LogP contribution in [0.4, 0.5) is 0 Å². The summed E-state index contributed by atoms with van der Waals surface area (Å²) in [5.74, 6) is 0.369. The molecule has 0 unspecified atom stereocenters. The first-order valence-electron chi connectivity index (χ1n) is 6.90. The number of nitrogens with zero attached hydrogens (tertiary/aromatic N) is 4. The summed E-state index contributed by atoms with van der Waals surface area (Å²) < 4.78 is 1.67. The monoisotopic (exact) mass is 274 g/mol. The third kappa shape index (κ3) is 2.38. The largest absolute Gasteiger partial charge is 0.477 e. The molecule has 0 spiro atoms. The van der Waals surface area contributed by atoms with Crippen LogP contribution >= 0.6 is 0 Å². The number of hydrogen-bond donors (Lipinski definition) is 1. The second-order valence-corrected chi connectivity index (χ2v) is 5.48. The highest BCUT2D eigenvalue weighted by molar-refractivity contribution is 5.86. The molecule has 6 heteroatoms. The summed E-state index contributed by atoms with van der Waals surface area (Å²) in [6.45, 7) is 2.18. The molecule has 106 valence electrons. The second-order valence-electron chi connectivity index (χ2n) is 5.48. The zero-order valence-corrected chi connectivity index (χ0v) is 11.5. The molecule has 0 aliphatic carbocycles. The van der Waals surface area contributed by atoms with Crippen molar-refractivity contribution in [1.29, 1.82) is 0 Å². The third-order valence-electron chi connectivity index (χ3n) is 4.02. The van der Waals surface area contributed by atoms with Crippen LogP contribution in [0, 0.1) is 5.92 Å². The summed E-state index contributed by atoms with van der Waals surface area (Å²) >= 11 is 0. The molecule has 0 aromatic carbocycles. The Morgan fingerprint density at radius 3 is 2.80 bits per heavy atom. The van der Waals surface area contributed by atoms with Crippen molar-refractivity contribution in [3.63, 3.8) is 0 Å². The molecule has 0 bridgehead atoms. The summed E-state index contributed by atoms with van der Waals surface area (Å²) in [6, 6.07) is 5.08. The van der Waals surface area contributed by atoms with Gasteiger partial charge in [0.2, 0.25) is 0 Å². The molecule has 20 heavy (non-hydrogen) atoms. The molecule has 0 amide bonds. The zero-order chi connectivity index (χ0) is 14.1. The number of carboxylic acids is 1. The third-order valence-corrected chi connectivity index (χ3v) is 4.02. The number of fused-ring (bicyclic) bond motifs is 1. The van der Waals surface area contributed by atoms with Crippen molar-refractivity contribution in [2.45, 2.75) is 19.3 Å². The van der Waals surface area contributed by atoms with Crippen molar-refractivity contribution < 1.29 is 9.90 Å². The smallest absolute Gasteiger partial charge is 0.352 e. The van der Waals surface area contributed by atoms with Gasteiger partial charge < -0.3 is 10.0 Å². The van der Waals surface area contributed by atoms with Crippen LogP contribution in [0.2, 0.25) is 0 Å². The number of rotatable bonds is 3. The molecule has 1 saturated heterocycles. The average molecular weight is 274 g/mol. The van der Waals surface area contributed by atoms with Gasteiger partial charge in [0.1, 0.15) is 11.5 Å². The zero-order valence-electron chi connectivity index (χ0n) is 11.5. The Bertz CT molecular complexity index is 629. The highest BCUT2D eigenvalue weighted by atomic mass is 16.4. The topological polar surface area (TPSA) is 70.7 Å². The first-order chi connectivity index (χ1) is 9.65. The molecule has 2 aromatic rings. The van der Waals surface area contributed by atoms with Gasteiger partial charge in [-0.1, -0.05) is 6.07 Å². The highest BCUT2D eigenvalue weighted by Gasteiger charge is 2.21. The predicted octanol–water partition coefficient (Wildman–Crippen LogP) is 1.31. The van der Waals surface area contributed by atoms with Crippen molar-refractivity contribution in [3.05, 3.63) is 29.7 Å². The molecular weight excluding hydrogens is 256 g/mol. The number of piperidine rings is 1. The van der Waals surface area contributed by atoms with Gasteiger partial charge in [0.15, 0.2) is 5.65 Å². The Kier molecular flexibility index (Phi) is 3.40. The van der Waals surface area contributed by atoms with E-state index >= 15 is 0 Å². The van der Waals surface area contributed by atoms with Crippen molar-refractivity contribution in [3.8, 4) is 0 Å². The summed E-state index contributed by atoms with van der Waals surface area (Å²) in [5.41, 5.74) is 0.836. The summed E-state index contributed by atoms with van der Waals surface area (Å²) in [6.07, 6.45) is 3.04. The van der Waals surface area contributed by atoms with E-state index in [-0.39, 0.29) is 5.69 Å². The predicted molar refractivity (Wildman–Crippen MR) is 73.9 cm³/mol. The van der Waals surface area contributed by atoms with Crippen molar-refractivity contribution in [2.75, 3.05) is 20.1 Å². The molecule has 6 nitrogen and oxygen atoms in total. The van der Waals surface area contributed by atoms with Gasteiger partial charge in [-0.25, -0.2) is 4.79 Å². The first kappa shape index (κ1) is 13.1. The number of carboxylic acid groups (broad SMARTS) is 1. The van der Waals surface area contributed by atoms with Gasteiger partial charge in [0, 0.05) is 6.42 Å². The minimum Gasteiger partial charge on any atom is -0.477 e. The lowest BCUT2D eigenvalue weighted by Gasteiger charge is -2.28. The van der Waals surface area contributed by atoms with Crippen molar-refractivity contribution >= 4 is 11.6 Å². The number of likely N-dealkylation sites (tertiary alicyclic amines) is 1. The minimum absolute atomic E-state index is 0.232. The van der Waals surface area contributed by atoms with Gasteiger partial charge in [-0.3, -0.25) is 4.40 Å². The lowest BCUT2D eigenvalue weighted by atomic mass is 9.93. The summed E-state index contributed by atoms with van der Waals surface area (Å²) in [4.78, 5) is 13.6. The molecular formula is C14H18N4O2. The van der Waals surface area contributed by atoms with Crippen LogP contribution in [0.3, 0.4) is 0 Å². The lowest BCUT2D eigenvalue weighted by molar-refractivity contribution is 0.0688. The maximum Gasteiger partial charge on any atom is 0.352 e. The molecule has 2 aromatic heterocycles. The first-order valence-corrected chi connectivity index (χ1v) is 6.90. The van der Waals surface area contributed by atoms with Crippen LogP contribution in [0.15, 0.2) is 18.2 Å². The van der Waals surface area contributed by atoms with E-state index in [2.05, 4.69) is 22.1 Å². The van der Waals surface area contributed by atoms with Crippen LogP contribution in [-0.2, 0) is 6.42 Å². The molecule has 0 radical (unpaired) electrons. The van der Waals surface area contributed by atoms with E-state index in [0.717, 1.165) is 38.2 Å². The number of hydrogen-bond acceptors (Lipinski definition) is 4. The van der Waals surface area contributed by atoms with Crippen molar-refractivity contribution in [1.82, 2.24) is 19.5 Å². The number of carbonyl (C=O) groups is 1. The Morgan fingerprint density at radius 2 is 2.10 bits per heavy atom. The van der Waals surface area contributed by atoms with Crippen LogP contribution in [0.25, 0.3) is 5.65 Å². The van der Waals surface area contributed by atoms with Gasteiger partial charge in [-0.05, 0) is 51.0 Å². The maximum absolute atomic E-state index is 11.3. The fourth-order valence-corrected chi connectivity index (χ4v) is 2.82. The summed E-state index contributed by atoms with van der Waals surface area (Å²) in [5, 5.41) is 17.6. The second kappa shape index (κ2) is 5.20. The van der Waals surface area contributed by atoms with Gasteiger partial charge >= 0.3 is 5.97 Å². The van der Waals surface area contributed by atoms with E-state index in [9.17, 15) is 9.90 Å². The quantitative estimate of drug-likeness (QED) is 0.913. The van der Waals surface area contributed by atoms with Crippen LogP contribution in [0.1, 0.15) is 29.2 Å². The fraction of sp³-hybridized carbons (Fsp3) is 0.500. The Balaban J connectivity index is 1.90. The Labute approximate surface area is 117 Å². The van der Waals surface area contributed by atoms with Gasteiger partial charge in [-0.15, -0.1) is 10.2 Å². The van der Waals surface area contributed by atoms with E-state index < -0.39 is 5.97 Å². The molecule has 3 rings (SSSR count). The van der Waals surface area contributed by atoms with E-state index in [0.29, 0.717) is 11.6 Å². The molecule has 1 fully saturated rings. The van der Waals surface area contributed by atoms with Crippen LogP contribution in [-0.4, -0.2) is 50.7 Å². The summed E-state index contributed by atoms with van der Waals surface area (Å²) in [7, 11) is 2.13. The minimum atomic E-state index is -0.944. The molecule has 3 heterocycles.